The molecule has 2 aliphatic carbocycles. The summed E-state index contributed by atoms with van der Waals surface area (Å²) < 4.78 is 0. The van der Waals surface area contributed by atoms with Crippen molar-refractivity contribution in [1.82, 2.24) is 15.5 Å². The molecular formula is C13H21N3S. The molecule has 0 aliphatic heterocycles. The second-order valence-corrected chi connectivity index (χ2v) is 6.57. The molecule has 0 saturated heterocycles. The topological polar surface area (TPSA) is 37.8 Å². The van der Waals surface area contributed by atoms with Gasteiger partial charge in [-0.15, -0.1) is 21.5 Å². The van der Waals surface area contributed by atoms with E-state index in [4.69, 9.17) is 0 Å². The van der Waals surface area contributed by atoms with E-state index in [-0.39, 0.29) is 0 Å². The van der Waals surface area contributed by atoms with Crippen LogP contribution in [0, 0.1) is 5.92 Å². The lowest BCUT2D eigenvalue weighted by Gasteiger charge is -2.03. The highest BCUT2D eigenvalue weighted by molar-refractivity contribution is 7.11. The highest BCUT2D eigenvalue weighted by atomic mass is 32.1. The molecule has 2 aliphatic rings. The zero-order valence-corrected chi connectivity index (χ0v) is 11.1. The van der Waals surface area contributed by atoms with Crippen molar-refractivity contribution in [2.24, 2.45) is 5.92 Å². The maximum atomic E-state index is 4.33. The molecular weight excluding hydrogens is 230 g/mol. The minimum atomic E-state index is 0.806. The van der Waals surface area contributed by atoms with Crippen LogP contribution in [0.25, 0.3) is 0 Å². The van der Waals surface area contributed by atoms with E-state index in [1.165, 1.54) is 55.0 Å². The normalized spacial score (nSPS) is 21.2. The van der Waals surface area contributed by atoms with Crippen LogP contribution < -0.4 is 5.32 Å². The third kappa shape index (κ3) is 3.49. The number of aromatic nitrogens is 2. The van der Waals surface area contributed by atoms with Crippen LogP contribution in [0.5, 0.6) is 0 Å². The Morgan fingerprint density at radius 3 is 2.59 bits per heavy atom. The molecule has 1 N–H and O–H groups in total. The van der Waals surface area contributed by atoms with Crippen LogP contribution in [0.15, 0.2) is 0 Å². The van der Waals surface area contributed by atoms with Crippen LogP contribution >= 0.6 is 11.3 Å². The third-order valence-corrected chi connectivity index (χ3v) is 4.80. The minimum absolute atomic E-state index is 0.806. The van der Waals surface area contributed by atoms with E-state index >= 15 is 0 Å². The van der Waals surface area contributed by atoms with Gasteiger partial charge < -0.3 is 5.32 Å². The molecule has 0 atom stereocenters. The van der Waals surface area contributed by atoms with E-state index in [9.17, 15) is 0 Å². The molecule has 4 heteroatoms. The lowest BCUT2D eigenvalue weighted by Crippen LogP contribution is -2.19. The van der Waals surface area contributed by atoms with Crippen molar-refractivity contribution in [2.45, 2.75) is 57.4 Å². The van der Waals surface area contributed by atoms with Crippen LogP contribution in [-0.2, 0) is 12.8 Å². The smallest absolute Gasteiger partial charge is 0.118 e. The molecule has 3 rings (SSSR count). The molecule has 0 spiro atoms. The van der Waals surface area contributed by atoms with E-state index in [2.05, 4.69) is 15.5 Å². The lowest BCUT2D eigenvalue weighted by molar-refractivity contribution is 0.542. The van der Waals surface area contributed by atoms with Gasteiger partial charge in [0.05, 0.1) is 0 Å². The summed E-state index contributed by atoms with van der Waals surface area (Å²) in [5, 5.41) is 14.6. The van der Waals surface area contributed by atoms with Crippen molar-refractivity contribution in [3.63, 3.8) is 0 Å². The van der Waals surface area contributed by atoms with Crippen molar-refractivity contribution < 1.29 is 0 Å². The first kappa shape index (κ1) is 11.6. The van der Waals surface area contributed by atoms with Crippen LogP contribution in [0.3, 0.4) is 0 Å². The second kappa shape index (κ2) is 5.44. The fraction of sp³-hybridized carbons (Fsp3) is 0.846. The fourth-order valence-electron chi connectivity index (χ4n) is 2.60. The Balaban J connectivity index is 1.43. The summed E-state index contributed by atoms with van der Waals surface area (Å²) in [5.41, 5.74) is 0. The first-order valence-corrected chi connectivity index (χ1v) is 7.76. The van der Waals surface area contributed by atoms with E-state index in [0.29, 0.717) is 0 Å². The van der Waals surface area contributed by atoms with E-state index < -0.39 is 0 Å². The number of nitrogens with zero attached hydrogens (tertiary/aromatic N) is 2. The van der Waals surface area contributed by atoms with Gasteiger partial charge >= 0.3 is 0 Å². The maximum Gasteiger partial charge on any atom is 0.118 e. The Bertz CT molecular complexity index is 353. The van der Waals surface area contributed by atoms with Crippen molar-refractivity contribution in [3.05, 3.63) is 10.0 Å². The Morgan fingerprint density at radius 2 is 1.82 bits per heavy atom. The largest absolute Gasteiger partial charge is 0.314 e. The molecule has 2 saturated carbocycles. The molecule has 1 aromatic heterocycles. The van der Waals surface area contributed by atoms with Gasteiger partial charge in [0, 0.05) is 25.4 Å². The van der Waals surface area contributed by atoms with Gasteiger partial charge in [0.2, 0.25) is 0 Å². The molecule has 0 amide bonds. The predicted octanol–water partition coefficient (Wildman–Crippen LogP) is 2.57. The summed E-state index contributed by atoms with van der Waals surface area (Å²) in [4.78, 5) is 0. The second-order valence-electron chi connectivity index (χ2n) is 5.42. The molecule has 94 valence electrons. The molecule has 1 aromatic rings. The molecule has 0 unspecified atom stereocenters. The first-order valence-electron chi connectivity index (χ1n) is 6.95. The molecule has 2 fully saturated rings. The van der Waals surface area contributed by atoms with Crippen LogP contribution in [0.2, 0.25) is 0 Å². The summed E-state index contributed by atoms with van der Waals surface area (Å²) in [6, 6.07) is 0.806. The Labute approximate surface area is 107 Å². The van der Waals surface area contributed by atoms with Gasteiger partial charge in [-0.05, 0) is 18.8 Å². The predicted molar refractivity (Wildman–Crippen MR) is 70.3 cm³/mol. The molecule has 3 nitrogen and oxygen atoms in total. The molecule has 0 bridgehead atoms. The van der Waals surface area contributed by atoms with Gasteiger partial charge in [0.15, 0.2) is 0 Å². The van der Waals surface area contributed by atoms with E-state index in [1.807, 2.05) is 11.3 Å². The van der Waals surface area contributed by atoms with Gasteiger partial charge in [0.1, 0.15) is 10.0 Å². The monoisotopic (exact) mass is 251 g/mol. The summed E-state index contributed by atoms with van der Waals surface area (Å²) in [6.45, 7) is 1.07. The van der Waals surface area contributed by atoms with Crippen molar-refractivity contribution >= 4 is 11.3 Å². The molecule has 1 heterocycles. The summed E-state index contributed by atoms with van der Waals surface area (Å²) in [5.74, 6) is 0.889. The highest BCUT2D eigenvalue weighted by Crippen LogP contribution is 2.28. The van der Waals surface area contributed by atoms with Crippen LogP contribution in [0.4, 0.5) is 0 Å². The van der Waals surface area contributed by atoms with Gasteiger partial charge in [-0.2, -0.15) is 0 Å². The summed E-state index contributed by atoms with van der Waals surface area (Å²) >= 11 is 1.83. The average Bonchev–Trinajstić information content (AvgIpc) is 2.83. The lowest BCUT2D eigenvalue weighted by atomic mass is 10.1. The third-order valence-electron chi connectivity index (χ3n) is 3.80. The van der Waals surface area contributed by atoms with Gasteiger partial charge in [-0.1, -0.05) is 25.7 Å². The van der Waals surface area contributed by atoms with Gasteiger partial charge in [-0.25, -0.2) is 0 Å². The summed E-state index contributed by atoms with van der Waals surface area (Å²) in [6.07, 6.45) is 10.6. The number of rotatable bonds is 6. The van der Waals surface area contributed by atoms with Crippen molar-refractivity contribution in [3.8, 4) is 0 Å². The first-order chi connectivity index (χ1) is 8.40. The average molecular weight is 251 g/mol. The van der Waals surface area contributed by atoms with E-state index in [0.717, 1.165) is 24.9 Å². The quantitative estimate of drug-likeness (QED) is 0.844. The highest BCUT2D eigenvalue weighted by Gasteiger charge is 2.20. The Morgan fingerprint density at radius 1 is 1.06 bits per heavy atom. The standard InChI is InChI=1S/C13H21N3S/c1-2-4-10(3-1)9-13-16-15-12(17-13)7-8-14-11-5-6-11/h10-11,14H,1-9H2. The van der Waals surface area contributed by atoms with E-state index in [1.54, 1.807) is 0 Å². The zero-order chi connectivity index (χ0) is 11.5. The molecule has 0 aromatic carbocycles. The maximum absolute atomic E-state index is 4.33. The van der Waals surface area contributed by atoms with Gasteiger partial charge in [-0.3, -0.25) is 0 Å². The van der Waals surface area contributed by atoms with Gasteiger partial charge in [0.25, 0.3) is 0 Å². The zero-order valence-electron chi connectivity index (χ0n) is 10.3. The van der Waals surface area contributed by atoms with Crippen LogP contribution in [-0.4, -0.2) is 22.8 Å². The Kier molecular flexibility index (Phi) is 3.71. The van der Waals surface area contributed by atoms with Crippen molar-refractivity contribution in [2.75, 3.05) is 6.54 Å². The van der Waals surface area contributed by atoms with Crippen LogP contribution in [0.1, 0.15) is 48.5 Å². The number of hydrogen-bond acceptors (Lipinski definition) is 4. The Hall–Kier alpha value is -0.480. The van der Waals surface area contributed by atoms with Crippen molar-refractivity contribution in [1.29, 1.82) is 0 Å². The minimum Gasteiger partial charge on any atom is -0.314 e. The fourth-order valence-corrected chi connectivity index (χ4v) is 3.56. The molecule has 0 radical (unpaired) electrons. The SMILES string of the molecule is C1CCC(Cc2nnc(CCNC3CC3)s2)C1. The number of nitrogens with one attached hydrogen (secondary N) is 1. The number of hydrogen-bond donors (Lipinski definition) is 1. The summed E-state index contributed by atoms with van der Waals surface area (Å²) in [7, 11) is 0. The molecule has 17 heavy (non-hydrogen) atoms.